The highest BCUT2D eigenvalue weighted by Crippen LogP contribution is 2.68. The van der Waals surface area contributed by atoms with Gasteiger partial charge < -0.3 is 37.3 Å². The average molecular weight is 542 g/mol. The molecule has 0 heterocycles. The number of rotatable bonds is 10. The molecule has 4 fully saturated rings. The van der Waals surface area contributed by atoms with Gasteiger partial charge in [-0.1, -0.05) is 33.6 Å². The van der Waals surface area contributed by atoms with E-state index in [1.807, 2.05) is 0 Å². The maximum absolute atomic E-state index is 9.97. The Morgan fingerprint density at radius 1 is 0.816 bits per heavy atom. The largest absolute Gasteiger partial charge is 0.396 e. The smallest absolute Gasteiger partial charge is 0.0637 e. The molecule has 5 unspecified atom stereocenters. The minimum absolute atomic E-state index is 0.219. The SMILES string of the molecule is C[C@H](CO)C1CCC2C3CCC4CCCC[C@]4(C)C3C[C@H](OCCCN)[C@@]21C.NCCCO.NCCCO. The predicted molar refractivity (Wildman–Crippen MR) is 156 cm³/mol. The standard InChI is InChI=1S/C25H45NO2.2C3H9NO/c1-17(16-27)20-10-11-21-19-9-8-18-7-4-5-12-24(18,2)22(19)15-23(25(20,21)3)28-14-6-13-26;2*4-2-1-3-5/h17-23,27H,4-16,26H2,1-3H3;2*5H,1-4H2/t17-,18?,19?,20?,21?,22?,23+,24+,25-;;/m1../s1. The van der Waals surface area contributed by atoms with Crippen LogP contribution in [0.1, 0.15) is 97.8 Å². The van der Waals surface area contributed by atoms with Crippen LogP contribution in [0.4, 0.5) is 0 Å². The molecule has 0 aromatic heterocycles. The Morgan fingerprint density at radius 3 is 2.03 bits per heavy atom. The second kappa shape index (κ2) is 16.9. The molecule has 0 bridgehead atoms. The van der Waals surface area contributed by atoms with E-state index in [1.165, 1.54) is 57.8 Å². The van der Waals surface area contributed by atoms with E-state index in [4.69, 9.17) is 32.2 Å². The monoisotopic (exact) mass is 541 g/mol. The van der Waals surface area contributed by atoms with E-state index in [0.717, 1.165) is 56.1 Å². The van der Waals surface area contributed by atoms with Gasteiger partial charge in [-0.3, -0.25) is 0 Å². The Labute approximate surface area is 233 Å². The minimum atomic E-state index is 0.219. The zero-order valence-electron chi connectivity index (χ0n) is 25.0. The Morgan fingerprint density at radius 2 is 1.47 bits per heavy atom. The zero-order valence-corrected chi connectivity index (χ0v) is 25.0. The van der Waals surface area contributed by atoms with Crippen molar-refractivity contribution in [1.82, 2.24) is 0 Å². The van der Waals surface area contributed by atoms with E-state index in [2.05, 4.69) is 20.8 Å². The van der Waals surface area contributed by atoms with Crippen LogP contribution in [0.25, 0.3) is 0 Å². The summed E-state index contributed by atoms with van der Waals surface area (Å²) in [5.41, 5.74) is 16.5. The first-order chi connectivity index (χ1) is 18.3. The first-order valence-corrected chi connectivity index (χ1v) is 15.8. The van der Waals surface area contributed by atoms with E-state index in [0.29, 0.717) is 43.1 Å². The van der Waals surface area contributed by atoms with Crippen LogP contribution in [0.2, 0.25) is 0 Å². The number of ether oxygens (including phenoxy) is 1. The van der Waals surface area contributed by atoms with Crippen LogP contribution in [0, 0.1) is 46.3 Å². The fourth-order valence-corrected chi connectivity index (χ4v) is 9.06. The zero-order chi connectivity index (χ0) is 28.2. The average Bonchev–Trinajstić information content (AvgIpc) is 3.28. The summed E-state index contributed by atoms with van der Waals surface area (Å²) in [5, 5.41) is 25.9. The number of hydrogen-bond acceptors (Lipinski definition) is 7. The van der Waals surface area contributed by atoms with Crippen LogP contribution in [0.3, 0.4) is 0 Å². The van der Waals surface area contributed by atoms with Crippen LogP contribution in [-0.4, -0.2) is 67.5 Å². The minimum Gasteiger partial charge on any atom is -0.396 e. The van der Waals surface area contributed by atoms with Crippen molar-refractivity contribution in [2.24, 2.45) is 63.5 Å². The van der Waals surface area contributed by atoms with Crippen molar-refractivity contribution in [2.45, 2.75) is 104 Å². The molecular weight excluding hydrogens is 478 g/mol. The normalized spacial score (nSPS) is 38.4. The molecule has 7 heteroatoms. The molecule has 0 aromatic carbocycles. The molecule has 0 saturated heterocycles. The van der Waals surface area contributed by atoms with Gasteiger partial charge >= 0.3 is 0 Å². The van der Waals surface area contributed by atoms with Crippen molar-refractivity contribution in [3.63, 3.8) is 0 Å². The Kier molecular flexibility index (Phi) is 15.0. The number of nitrogens with two attached hydrogens (primary N) is 3. The summed E-state index contributed by atoms with van der Waals surface area (Å²) in [7, 11) is 0. The van der Waals surface area contributed by atoms with Crippen LogP contribution < -0.4 is 17.2 Å². The molecule has 0 aromatic rings. The third-order valence-electron chi connectivity index (χ3n) is 11.1. The molecule has 4 aliphatic rings. The second-order valence-corrected chi connectivity index (χ2v) is 13.1. The fourth-order valence-electron chi connectivity index (χ4n) is 9.06. The molecule has 9 atom stereocenters. The summed E-state index contributed by atoms with van der Waals surface area (Å²) in [6.45, 7) is 10.9. The van der Waals surface area contributed by atoms with Gasteiger partial charge in [0.15, 0.2) is 0 Å². The molecule has 4 saturated carbocycles. The highest BCUT2D eigenvalue weighted by atomic mass is 16.5. The third kappa shape index (κ3) is 7.71. The fraction of sp³-hybridized carbons (Fsp3) is 1.00. The van der Waals surface area contributed by atoms with Gasteiger partial charge in [0.2, 0.25) is 0 Å². The van der Waals surface area contributed by atoms with Crippen LogP contribution in [-0.2, 0) is 4.74 Å². The van der Waals surface area contributed by atoms with E-state index in [-0.39, 0.29) is 18.6 Å². The van der Waals surface area contributed by atoms with Crippen LogP contribution in [0.15, 0.2) is 0 Å². The van der Waals surface area contributed by atoms with E-state index in [9.17, 15) is 5.11 Å². The van der Waals surface area contributed by atoms with Gasteiger partial charge in [-0.2, -0.15) is 0 Å². The highest BCUT2D eigenvalue weighted by Gasteiger charge is 2.63. The molecule has 226 valence electrons. The summed E-state index contributed by atoms with van der Waals surface area (Å²) in [6.07, 6.45) is 15.3. The van der Waals surface area contributed by atoms with Gasteiger partial charge in [0, 0.05) is 31.8 Å². The van der Waals surface area contributed by atoms with Gasteiger partial charge in [0.05, 0.1) is 6.10 Å². The lowest BCUT2D eigenvalue weighted by Gasteiger charge is -2.62. The molecule has 9 N–H and O–H groups in total. The third-order valence-corrected chi connectivity index (χ3v) is 11.1. The van der Waals surface area contributed by atoms with E-state index < -0.39 is 0 Å². The van der Waals surface area contributed by atoms with E-state index >= 15 is 0 Å². The Balaban J connectivity index is 0.000000435. The molecule has 7 nitrogen and oxygen atoms in total. The Hall–Kier alpha value is -0.280. The highest BCUT2D eigenvalue weighted by molar-refractivity contribution is 5.12. The molecular formula is C31H63N3O4. The van der Waals surface area contributed by atoms with Gasteiger partial charge in [0.1, 0.15) is 0 Å². The number of hydrogen-bond donors (Lipinski definition) is 6. The maximum Gasteiger partial charge on any atom is 0.0637 e. The molecule has 4 aliphatic carbocycles. The summed E-state index contributed by atoms with van der Waals surface area (Å²) >= 11 is 0. The van der Waals surface area contributed by atoms with Gasteiger partial charge in [0.25, 0.3) is 0 Å². The summed E-state index contributed by atoms with van der Waals surface area (Å²) in [4.78, 5) is 0. The maximum atomic E-state index is 9.97. The summed E-state index contributed by atoms with van der Waals surface area (Å²) < 4.78 is 6.68. The molecule has 0 radical (unpaired) electrons. The van der Waals surface area contributed by atoms with Crippen LogP contribution >= 0.6 is 0 Å². The molecule has 0 spiro atoms. The Bertz CT molecular complexity index is 630. The van der Waals surface area contributed by atoms with Crippen LogP contribution in [0.5, 0.6) is 0 Å². The lowest BCUT2D eigenvalue weighted by atomic mass is 9.44. The first-order valence-electron chi connectivity index (χ1n) is 15.8. The molecule has 38 heavy (non-hydrogen) atoms. The van der Waals surface area contributed by atoms with Gasteiger partial charge in [-0.15, -0.1) is 0 Å². The van der Waals surface area contributed by atoms with E-state index in [1.54, 1.807) is 0 Å². The lowest BCUT2D eigenvalue weighted by molar-refractivity contribution is -0.186. The quantitative estimate of drug-likeness (QED) is 0.231. The molecule has 0 amide bonds. The molecule has 0 aliphatic heterocycles. The van der Waals surface area contributed by atoms with Gasteiger partial charge in [-0.25, -0.2) is 0 Å². The number of fused-ring (bicyclic) bond motifs is 5. The van der Waals surface area contributed by atoms with Crippen molar-refractivity contribution in [3.05, 3.63) is 0 Å². The van der Waals surface area contributed by atoms with Crippen molar-refractivity contribution >= 4 is 0 Å². The second-order valence-electron chi connectivity index (χ2n) is 13.1. The first kappa shape index (κ1) is 33.9. The lowest BCUT2D eigenvalue weighted by Crippen LogP contribution is -2.59. The van der Waals surface area contributed by atoms with Crippen molar-refractivity contribution in [3.8, 4) is 0 Å². The summed E-state index contributed by atoms with van der Waals surface area (Å²) in [6, 6.07) is 0. The van der Waals surface area contributed by atoms with Crippen molar-refractivity contribution < 1.29 is 20.1 Å². The van der Waals surface area contributed by atoms with Gasteiger partial charge in [-0.05, 0) is 125 Å². The van der Waals surface area contributed by atoms with Crippen molar-refractivity contribution in [1.29, 1.82) is 0 Å². The number of aliphatic hydroxyl groups is 3. The number of aliphatic hydroxyl groups excluding tert-OH is 3. The molecule has 4 rings (SSSR count). The predicted octanol–water partition coefficient (Wildman–Crippen LogP) is 3.66. The van der Waals surface area contributed by atoms with Crippen molar-refractivity contribution in [2.75, 3.05) is 46.1 Å². The summed E-state index contributed by atoms with van der Waals surface area (Å²) in [5.74, 6) is 4.44. The topological polar surface area (TPSA) is 148 Å².